The van der Waals surface area contributed by atoms with E-state index >= 15 is 0 Å². The van der Waals surface area contributed by atoms with E-state index in [1.54, 1.807) is 8.85 Å². The molecule has 0 radical (unpaired) electrons. The van der Waals surface area contributed by atoms with E-state index < -0.39 is 21.1 Å². The monoisotopic (exact) mass is 355 g/mol. The Bertz CT molecular complexity index is 382. The maximum atomic E-state index is 2.56. The van der Waals surface area contributed by atoms with Crippen LogP contribution in [0.1, 0.15) is 32.1 Å². The first kappa shape index (κ1) is 16.6. The molecule has 0 amide bonds. The third-order valence-corrected chi connectivity index (χ3v) is 17.4. The van der Waals surface area contributed by atoms with Gasteiger partial charge in [0.15, 0.2) is 0 Å². The first-order valence-corrected chi connectivity index (χ1v) is 12.4. The standard InChI is InChI=1S/C10H13.3C2H6N.Zr/c1-2-6-9(5-1)10-7-3-4-8-10;3*1-3-2;/h1,5,10H,2-4,7-8H2;3*1-2H3;/q;3*-1;+3. The molecule has 2 rings (SSSR count). The average molecular weight is 357 g/mol. The van der Waals surface area contributed by atoms with Crippen LogP contribution >= 0.6 is 0 Å². The Labute approximate surface area is 130 Å². The Kier molecular flexibility index (Phi) is 5.45. The van der Waals surface area contributed by atoms with Crippen molar-refractivity contribution in [1.29, 1.82) is 0 Å². The molecule has 0 N–H and O–H groups in total. The van der Waals surface area contributed by atoms with Crippen LogP contribution in [-0.4, -0.2) is 50.8 Å². The van der Waals surface area contributed by atoms with Crippen molar-refractivity contribution < 1.29 is 21.1 Å². The summed E-state index contributed by atoms with van der Waals surface area (Å²) in [6.45, 7) is 0. The van der Waals surface area contributed by atoms with E-state index in [9.17, 15) is 0 Å². The Morgan fingerprint density at radius 3 is 1.85 bits per heavy atom. The van der Waals surface area contributed by atoms with Crippen LogP contribution in [0, 0.1) is 5.92 Å². The summed E-state index contributed by atoms with van der Waals surface area (Å²) in [6, 6.07) is 0. The summed E-state index contributed by atoms with van der Waals surface area (Å²) < 4.78 is 9.47. The van der Waals surface area contributed by atoms with Crippen LogP contribution in [0.25, 0.3) is 0 Å². The van der Waals surface area contributed by atoms with Crippen LogP contribution in [0.3, 0.4) is 0 Å². The van der Waals surface area contributed by atoms with Gasteiger partial charge in [-0.25, -0.2) is 0 Å². The van der Waals surface area contributed by atoms with Gasteiger partial charge in [0, 0.05) is 0 Å². The number of hydrogen-bond acceptors (Lipinski definition) is 3. The fourth-order valence-electron chi connectivity index (χ4n) is 4.48. The molecule has 0 aliphatic heterocycles. The Morgan fingerprint density at radius 2 is 1.40 bits per heavy atom. The topological polar surface area (TPSA) is 9.72 Å². The second-order valence-electron chi connectivity index (χ2n) is 6.84. The molecule has 3 nitrogen and oxygen atoms in total. The predicted octanol–water partition coefficient (Wildman–Crippen LogP) is 2.97. The molecule has 0 unspecified atom stereocenters. The van der Waals surface area contributed by atoms with Crippen molar-refractivity contribution in [2.45, 2.75) is 32.1 Å². The number of rotatable bonds is 5. The van der Waals surface area contributed by atoms with Crippen molar-refractivity contribution in [2.75, 3.05) is 42.3 Å². The van der Waals surface area contributed by atoms with Gasteiger partial charge in [-0.15, -0.1) is 0 Å². The van der Waals surface area contributed by atoms with Crippen LogP contribution in [0.2, 0.25) is 0 Å². The van der Waals surface area contributed by atoms with Crippen LogP contribution in [0.4, 0.5) is 0 Å². The molecule has 0 heterocycles. The maximum absolute atomic E-state index is 2.82. The molecule has 0 aromatic heterocycles. The van der Waals surface area contributed by atoms with Crippen molar-refractivity contribution in [3.63, 3.8) is 0 Å². The third-order valence-electron chi connectivity index (χ3n) is 5.04. The Morgan fingerprint density at radius 1 is 0.900 bits per heavy atom. The van der Waals surface area contributed by atoms with Crippen LogP contribution in [0.15, 0.2) is 21.0 Å². The Hall–Kier alpha value is 0.243. The summed E-state index contributed by atoms with van der Waals surface area (Å²) in [4.78, 5) is 0. The number of allylic oxidation sites excluding steroid dienone is 4. The van der Waals surface area contributed by atoms with E-state index in [4.69, 9.17) is 0 Å². The van der Waals surface area contributed by atoms with Crippen molar-refractivity contribution in [2.24, 2.45) is 5.92 Å². The van der Waals surface area contributed by atoms with Crippen molar-refractivity contribution >= 4 is 0 Å². The second-order valence-corrected chi connectivity index (χ2v) is 18.0. The minimum atomic E-state index is -2.82. The fourth-order valence-corrected chi connectivity index (χ4v) is 17.0. The van der Waals surface area contributed by atoms with Gasteiger partial charge in [0.1, 0.15) is 0 Å². The van der Waals surface area contributed by atoms with Crippen LogP contribution in [0.5, 0.6) is 0 Å². The molecule has 0 saturated heterocycles. The van der Waals surface area contributed by atoms with Crippen molar-refractivity contribution in [3.05, 3.63) is 21.0 Å². The van der Waals surface area contributed by atoms with Gasteiger partial charge in [-0.1, -0.05) is 0 Å². The van der Waals surface area contributed by atoms with Gasteiger partial charge in [-0.3, -0.25) is 0 Å². The summed E-state index contributed by atoms with van der Waals surface area (Å²) in [7, 11) is 13.7. The molecule has 0 atom stereocenters. The van der Waals surface area contributed by atoms with Crippen molar-refractivity contribution in [1.82, 2.24) is 8.53 Å². The molecule has 0 bridgehead atoms. The van der Waals surface area contributed by atoms with Gasteiger partial charge in [0.25, 0.3) is 0 Å². The summed E-state index contributed by atoms with van der Waals surface area (Å²) in [6.07, 6.45) is 11.7. The molecular formula is C16H31N3Zr. The van der Waals surface area contributed by atoms with Gasteiger partial charge in [-0.2, -0.15) is 0 Å². The zero-order valence-electron chi connectivity index (χ0n) is 14.1. The summed E-state index contributed by atoms with van der Waals surface area (Å²) in [5.74, 6) is 0.833. The number of nitrogens with zero attached hydrogens (tertiary/aromatic N) is 3. The van der Waals surface area contributed by atoms with Crippen LogP contribution < -0.4 is 0 Å². The molecule has 20 heavy (non-hydrogen) atoms. The van der Waals surface area contributed by atoms with E-state index in [0.717, 1.165) is 5.92 Å². The zero-order valence-corrected chi connectivity index (χ0v) is 16.6. The first-order valence-electron chi connectivity index (χ1n) is 7.84. The fraction of sp³-hybridized carbons (Fsp3) is 0.750. The second kappa shape index (κ2) is 6.56. The summed E-state index contributed by atoms with van der Waals surface area (Å²) in [5.41, 5.74) is 1.70. The number of hydrogen-bond donors (Lipinski definition) is 0. The third kappa shape index (κ3) is 2.65. The molecule has 1 saturated carbocycles. The van der Waals surface area contributed by atoms with Crippen molar-refractivity contribution in [3.8, 4) is 0 Å². The molecule has 4 heteroatoms. The zero-order chi connectivity index (χ0) is 14.9. The minimum absolute atomic E-state index is 0.833. The predicted molar refractivity (Wildman–Crippen MR) is 83.8 cm³/mol. The van der Waals surface area contributed by atoms with Gasteiger partial charge >= 0.3 is 131 Å². The quantitative estimate of drug-likeness (QED) is 0.750. The molecule has 0 aromatic carbocycles. The van der Waals surface area contributed by atoms with Gasteiger partial charge < -0.3 is 0 Å². The van der Waals surface area contributed by atoms with E-state index in [-0.39, 0.29) is 0 Å². The molecule has 2 aliphatic rings. The molecular weight excluding hydrogens is 325 g/mol. The van der Waals surface area contributed by atoms with Gasteiger partial charge in [0.2, 0.25) is 0 Å². The van der Waals surface area contributed by atoms with E-state index in [1.807, 2.05) is 0 Å². The Balaban J connectivity index is 2.49. The summed E-state index contributed by atoms with van der Waals surface area (Å²) >= 11 is -2.82. The van der Waals surface area contributed by atoms with Gasteiger partial charge in [0.05, 0.1) is 0 Å². The summed E-state index contributed by atoms with van der Waals surface area (Å²) in [5, 5.41) is 0. The first-order chi connectivity index (χ1) is 9.42. The normalized spacial score (nSPS) is 21.2. The molecule has 114 valence electrons. The molecule has 2 aliphatic carbocycles. The molecule has 0 aromatic rings. The van der Waals surface area contributed by atoms with E-state index in [2.05, 4.69) is 63.0 Å². The SMILES string of the molecule is C[N](C)[Zr]([C]1=C(C2CCCC2)C=CC1)([N](C)C)[N](C)C. The van der Waals surface area contributed by atoms with Crippen LogP contribution in [-0.2, 0) is 21.1 Å². The van der Waals surface area contributed by atoms with E-state index in [0.29, 0.717) is 0 Å². The van der Waals surface area contributed by atoms with E-state index in [1.165, 1.54) is 32.1 Å². The van der Waals surface area contributed by atoms with Gasteiger partial charge in [-0.05, 0) is 0 Å². The molecule has 1 fully saturated rings. The molecule has 0 spiro atoms. The average Bonchev–Trinajstić information content (AvgIpc) is 2.96.